The number of fused-ring (bicyclic) bond motifs is 3. The van der Waals surface area contributed by atoms with Crippen LogP contribution in [-0.2, 0) is 6.42 Å². The lowest BCUT2D eigenvalue weighted by molar-refractivity contribution is 0.0941. The van der Waals surface area contributed by atoms with E-state index in [0.29, 0.717) is 27.8 Å². The molecule has 1 fully saturated rings. The quantitative estimate of drug-likeness (QED) is 0.802. The Morgan fingerprint density at radius 1 is 1.33 bits per heavy atom. The Morgan fingerprint density at radius 2 is 2.00 bits per heavy atom. The number of halogens is 1. The normalized spacial score (nSPS) is 24.6. The Morgan fingerprint density at radius 3 is 2.67 bits per heavy atom. The minimum absolute atomic E-state index is 0.0601. The standard InChI is InChI=1S/C17H17ClN2O/c1-9-14-13(8-12-15(14)17(12,2)3)20(19-9)16(21)10-4-6-11(18)7-5-10/h4-7,12,15H,8H2,1-3H3/t12-,15-/m1/s1. The Bertz CT molecular complexity index is 758. The van der Waals surface area contributed by atoms with Gasteiger partial charge in [-0.2, -0.15) is 5.10 Å². The highest BCUT2D eigenvalue weighted by atomic mass is 35.5. The van der Waals surface area contributed by atoms with E-state index in [0.717, 1.165) is 17.8 Å². The van der Waals surface area contributed by atoms with Crippen molar-refractivity contribution >= 4 is 17.5 Å². The molecule has 2 aliphatic rings. The van der Waals surface area contributed by atoms with Crippen LogP contribution in [0.25, 0.3) is 0 Å². The summed E-state index contributed by atoms with van der Waals surface area (Å²) in [5.74, 6) is 1.20. The number of hydrogen-bond acceptors (Lipinski definition) is 2. The zero-order valence-electron chi connectivity index (χ0n) is 12.4. The Hall–Kier alpha value is -1.61. The molecule has 21 heavy (non-hydrogen) atoms. The summed E-state index contributed by atoms with van der Waals surface area (Å²) in [6, 6.07) is 7.00. The predicted octanol–water partition coefficient (Wildman–Crippen LogP) is 3.83. The van der Waals surface area contributed by atoms with Gasteiger partial charge < -0.3 is 0 Å². The molecule has 4 heteroatoms. The number of carbonyl (C=O) groups is 1. The van der Waals surface area contributed by atoms with E-state index in [4.69, 9.17) is 11.6 Å². The van der Waals surface area contributed by atoms with Crippen molar-refractivity contribution < 1.29 is 4.79 Å². The number of aromatic nitrogens is 2. The molecule has 0 saturated heterocycles. The van der Waals surface area contributed by atoms with Crippen molar-refractivity contribution in [1.29, 1.82) is 0 Å². The van der Waals surface area contributed by atoms with Gasteiger partial charge in [0, 0.05) is 16.1 Å². The fourth-order valence-electron chi connectivity index (χ4n) is 3.98. The molecule has 1 aromatic heterocycles. The number of nitrogens with zero attached hydrogens (tertiary/aromatic N) is 2. The SMILES string of the molecule is Cc1nn(C(=O)c2ccc(Cl)cc2)c2c1[C@H]1[C@@H](C2)C1(C)C. The Balaban J connectivity index is 1.75. The summed E-state index contributed by atoms with van der Waals surface area (Å²) < 4.78 is 1.61. The molecule has 4 rings (SSSR count). The molecule has 3 nitrogen and oxygen atoms in total. The average molecular weight is 301 g/mol. The van der Waals surface area contributed by atoms with Crippen LogP contribution in [0.4, 0.5) is 0 Å². The van der Waals surface area contributed by atoms with Crippen molar-refractivity contribution in [3.8, 4) is 0 Å². The van der Waals surface area contributed by atoms with Gasteiger partial charge in [0.15, 0.2) is 0 Å². The molecule has 0 aliphatic heterocycles. The summed E-state index contributed by atoms with van der Waals surface area (Å²) in [4.78, 5) is 12.7. The third-order valence-electron chi connectivity index (χ3n) is 5.26. The van der Waals surface area contributed by atoms with Crippen LogP contribution in [0, 0.1) is 18.3 Å². The van der Waals surface area contributed by atoms with E-state index in [1.54, 1.807) is 28.9 Å². The van der Waals surface area contributed by atoms with E-state index in [1.807, 2.05) is 6.92 Å². The van der Waals surface area contributed by atoms with Crippen LogP contribution in [0.1, 0.15) is 47.1 Å². The Kier molecular flexibility index (Phi) is 2.48. The molecule has 0 N–H and O–H groups in total. The van der Waals surface area contributed by atoms with Crippen LogP contribution in [0.15, 0.2) is 24.3 Å². The van der Waals surface area contributed by atoms with E-state index >= 15 is 0 Å². The maximum Gasteiger partial charge on any atom is 0.278 e. The van der Waals surface area contributed by atoms with Gasteiger partial charge in [-0.1, -0.05) is 25.4 Å². The Labute approximate surface area is 128 Å². The molecule has 0 radical (unpaired) electrons. The van der Waals surface area contributed by atoms with Crippen LogP contribution in [0.5, 0.6) is 0 Å². The van der Waals surface area contributed by atoms with Crippen LogP contribution in [-0.4, -0.2) is 15.7 Å². The number of rotatable bonds is 1. The van der Waals surface area contributed by atoms with E-state index < -0.39 is 0 Å². The van der Waals surface area contributed by atoms with Gasteiger partial charge >= 0.3 is 0 Å². The van der Waals surface area contributed by atoms with Crippen molar-refractivity contribution in [1.82, 2.24) is 9.78 Å². The van der Waals surface area contributed by atoms with Gasteiger partial charge in [0.25, 0.3) is 5.91 Å². The molecule has 2 aromatic rings. The molecule has 0 bridgehead atoms. The largest absolute Gasteiger partial charge is 0.278 e. The molecule has 108 valence electrons. The van der Waals surface area contributed by atoms with Gasteiger partial charge in [0.2, 0.25) is 0 Å². The van der Waals surface area contributed by atoms with Crippen LogP contribution in [0.2, 0.25) is 5.02 Å². The highest BCUT2D eigenvalue weighted by Crippen LogP contribution is 2.70. The maximum atomic E-state index is 12.7. The predicted molar refractivity (Wildman–Crippen MR) is 81.9 cm³/mol. The average Bonchev–Trinajstić information content (AvgIpc) is 2.82. The van der Waals surface area contributed by atoms with Crippen LogP contribution < -0.4 is 0 Å². The van der Waals surface area contributed by atoms with Gasteiger partial charge in [-0.05, 0) is 54.9 Å². The fraction of sp³-hybridized carbons (Fsp3) is 0.412. The first-order chi connectivity index (χ1) is 9.91. The topological polar surface area (TPSA) is 34.9 Å². The molecule has 0 unspecified atom stereocenters. The highest BCUT2D eigenvalue weighted by molar-refractivity contribution is 6.30. The second kappa shape index (κ2) is 3.98. The van der Waals surface area contributed by atoms with Gasteiger partial charge in [-0.25, -0.2) is 4.68 Å². The number of benzene rings is 1. The van der Waals surface area contributed by atoms with Crippen molar-refractivity contribution in [3.63, 3.8) is 0 Å². The highest BCUT2D eigenvalue weighted by Gasteiger charge is 2.64. The molecule has 0 spiro atoms. The summed E-state index contributed by atoms with van der Waals surface area (Å²) in [7, 11) is 0. The van der Waals surface area contributed by atoms with Crippen molar-refractivity contribution in [2.45, 2.75) is 33.1 Å². The number of aryl methyl sites for hydroxylation is 1. The summed E-state index contributed by atoms with van der Waals surface area (Å²) in [6.07, 6.45) is 0.965. The van der Waals surface area contributed by atoms with E-state index in [1.165, 1.54) is 5.56 Å². The monoisotopic (exact) mass is 300 g/mol. The molecule has 2 aliphatic carbocycles. The lowest BCUT2D eigenvalue weighted by Crippen LogP contribution is -2.17. The molecular weight excluding hydrogens is 284 g/mol. The van der Waals surface area contributed by atoms with Crippen molar-refractivity contribution in [2.75, 3.05) is 0 Å². The third kappa shape index (κ3) is 1.67. The molecule has 2 atom stereocenters. The van der Waals surface area contributed by atoms with Crippen molar-refractivity contribution in [3.05, 3.63) is 51.8 Å². The summed E-state index contributed by atoms with van der Waals surface area (Å²) >= 11 is 5.88. The second-order valence-electron chi connectivity index (χ2n) is 6.78. The fourth-order valence-corrected chi connectivity index (χ4v) is 4.10. The van der Waals surface area contributed by atoms with Gasteiger partial charge in [0.05, 0.1) is 11.4 Å². The van der Waals surface area contributed by atoms with E-state index in [2.05, 4.69) is 18.9 Å². The molecule has 1 aromatic carbocycles. The van der Waals surface area contributed by atoms with Crippen LogP contribution in [0.3, 0.4) is 0 Å². The molecule has 1 saturated carbocycles. The molecule has 1 heterocycles. The molecular formula is C17H17ClN2O. The van der Waals surface area contributed by atoms with E-state index in [9.17, 15) is 4.79 Å². The summed E-state index contributed by atoms with van der Waals surface area (Å²) in [6.45, 7) is 6.63. The first kappa shape index (κ1) is 13.1. The van der Waals surface area contributed by atoms with Crippen molar-refractivity contribution in [2.24, 2.45) is 11.3 Å². The third-order valence-corrected chi connectivity index (χ3v) is 5.52. The zero-order chi connectivity index (χ0) is 14.9. The van der Waals surface area contributed by atoms with Gasteiger partial charge in [-0.15, -0.1) is 0 Å². The zero-order valence-corrected chi connectivity index (χ0v) is 13.1. The molecule has 0 amide bonds. The summed E-state index contributed by atoms with van der Waals surface area (Å²) in [5.41, 5.74) is 4.43. The van der Waals surface area contributed by atoms with Gasteiger partial charge in [-0.3, -0.25) is 4.79 Å². The summed E-state index contributed by atoms with van der Waals surface area (Å²) in [5, 5.41) is 5.14. The maximum absolute atomic E-state index is 12.7. The smallest absolute Gasteiger partial charge is 0.267 e. The van der Waals surface area contributed by atoms with Crippen LogP contribution >= 0.6 is 11.6 Å². The van der Waals surface area contributed by atoms with E-state index in [-0.39, 0.29) is 5.91 Å². The number of carbonyl (C=O) groups excluding carboxylic acids is 1. The lowest BCUT2D eigenvalue weighted by Gasteiger charge is -2.10. The second-order valence-corrected chi connectivity index (χ2v) is 7.22. The minimum Gasteiger partial charge on any atom is -0.267 e. The lowest BCUT2D eigenvalue weighted by atomic mass is 9.98. The van der Waals surface area contributed by atoms with Gasteiger partial charge in [0.1, 0.15) is 0 Å². The number of hydrogen-bond donors (Lipinski definition) is 0. The first-order valence-electron chi connectivity index (χ1n) is 7.30. The first-order valence-corrected chi connectivity index (χ1v) is 7.67. The minimum atomic E-state index is -0.0601.